The van der Waals surface area contributed by atoms with E-state index in [9.17, 15) is 4.79 Å². The van der Waals surface area contributed by atoms with Crippen molar-refractivity contribution in [3.63, 3.8) is 0 Å². The third kappa shape index (κ3) is 2.93. The van der Waals surface area contributed by atoms with Gasteiger partial charge in [0, 0.05) is 19.2 Å². The Bertz CT molecular complexity index is 638. The highest BCUT2D eigenvalue weighted by Crippen LogP contribution is 2.21. The first-order valence-corrected chi connectivity index (χ1v) is 7.21. The zero-order chi connectivity index (χ0) is 14.8. The molecule has 112 valence electrons. The largest absolute Gasteiger partial charge is 0.366 e. The molecule has 0 saturated carbocycles. The number of halogens is 1. The summed E-state index contributed by atoms with van der Waals surface area (Å²) in [5.74, 6) is 1.31. The van der Waals surface area contributed by atoms with Gasteiger partial charge in [0.05, 0.1) is 18.2 Å². The normalized spacial score (nSPS) is 19.0. The summed E-state index contributed by atoms with van der Waals surface area (Å²) in [6, 6.07) is 1.62. The van der Waals surface area contributed by atoms with E-state index in [1.54, 1.807) is 17.2 Å². The number of hydrogen-bond acceptors (Lipinski definition) is 4. The van der Waals surface area contributed by atoms with Gasteiger partial charge >= 0.3 is 0 Å². The van der Waals surface area contributed by atoms with Crippen LogP contribution >= 0.6 is 11.6 Å². The molecule has 0 unspecified atom stereocenters. The first-order chi connectivity index (χ1) is 10.2. The number of aryl methyl sites for hydroxylation is 1. The van der Waals surface area contributed by atoms with Gasteiger partial charge in [-0.1, -0.05) is 18.5 Å². The second kappa shape index (κ2) is 5.87. The Morgan fingerprint density at radius 2 is 2.48 bits per heavy atom. The van der Waals surface area contributed by atoms with Gasteiger partial charge in [-0.15, -0.1) is 0 Å². The summed E-state index contributed by atoms with van der Waals surface area (Å²) in [6.07, 6.45) is 2.07. The summed E-state index contributed by atoms with van der Waals surface area (Å²) >= 11 is 5.84. The lowest BCUT2D eigenvalue weighted by Gasteiger charge is -2.31. The molecular weight excluding hydrogens is 294 g/mol. The third-order valence-electron chi connectivity index (χ3n) is 3.40. The van der Waals surface area contributed by atoms with Gasteiger partial charge in [-0.3, -0.25) is 9.89 Å². The zero-order valence-electron chi connectivity index (χ0n) is 11.6. The van der Waals surface area contributed by atoms with Crippen LogP contribution in [0.5, 0.6) is 0 Å². The van der Waals surface area contributed by atoms with Gasteiger partial charge in [0.25, 0.3) is 5.91 Å². The minimum Gasteiger partial charge on any atom is -0.366 e. The Morgan fingerprint density at radius 3 is 3.14 bits per heavy atom. The quantitative estimate of drug-likeness (QED) is 0.901. The van der Waals surface area contributed by atoms with E-state index >= 15 is 0 Å². The van der Waals surface area contributed by atoms with Crippen molar-refractivity contribution in [2.75, 3.05) is 19.7 Å². The molecular formula is C13H16ClN5O2. The van der Waals surface area contributed by atoms with Crippen molar-refractivity contribution < 1.29 is 9.53 Å². The lowest BCUT2D eigenvalue weighted by atomic mass is 10.2. The number of nitrogens with zero attached hydrogens (tertiary/aromatic N) is 3. The van der Waals surface area contributed by atoms with Crippen LogP contribution in [0.1, 0.15) is 35.2 Å². The molecule has 1 saturated heterocycles. The van der Waals surface area contributed by atoms with Gasteiger partial charge in [-0.25, -0.2) is 4.98 Å². The van der Waals surface area contributed by atoms with Gasteiger partial charge in [-0.05, 0) is 6.07 Å². The van der Waals surface area contributed by atoms with E-state index in [0.29, 0.717) is 36.2 Å². The summed E-state index contributed by atoms with van der Waals surface area (Å²) in [7, 11) is 0. The first kappa shape index (κ1) is 14.1. The van der Waals surface area contributed by atoms with E-state index in [1.807, 2.05) is 6.92 Å². The number of nitrogens with one attached hydrogen (secondary N) is 2. The van der Waals surface area contributed by atoms with Crippen LogP contribution in [-0.2, 0) is 11.2 Å². The van der Waals surface area contributed by atoms with Gasteiger partial charge in [-0.2, -0.15) is 5.10 Å². The maximum Gasteiger partial charge on any atom is 0.270 e. The third-order valence-corrected chi connectivity index (χ3v) is 3.62. The van der Waals surface area contributed by atoms with E-state index in [4.69, 9.17) is 16.3 Å². The molecule has 2 N–H and O–H groups in total. The average Bonchev–Trinajstić information content (AvgIpc) is 3.15. The van der Waals surface area contributed by atoms with Crippen molar-refractivity contribution >= 4 is 17.5 Å². The molecule has 0 spiro atoms. The molecule has 0 radical (unpaired) electrons. The summed E-state index contributed by atoms with van der Waals surface area (Å²) in [5, 5.41) is 7.54. The van der Waals surface area contributed by atoms with Gasteiger partial charge in [0.2, 0.25) is 0 Å². The molecule has 8 heteroatoms. The van der Waals surface area contributed by atoms with E-state index in [1.165, 1.54) is 0 Å². The Morgan fingerprint density at radius 1 is 1.62 bits per heavy atom. The SMILES string of the molecule is CCc1nc([C@@H]2CN(C(=O)c3cc(Cl)c[nH]3)CCO2)n[nH]1. The second-order valence-corrected chi connectivity index (χ2v) is 5.27. The molecule has 1 fully saturated rings. The number of morpholine rings is 1. The number of carbonyl (C=O) groups is 1. The van der Waals surface area contributed by atoms with Crippen LogP contribution in [0.4, 0.5) is 0 Å². The average molecular weight is 310 g/mol. The topological polar surface area (TPSA) is 86.9 Å². The Labute approximate surface area is 126 Å². The fourth-order valence-corrected chi connectivity index (χ4v) is 2.43. The highest BCUT2D eigenvalue weighted by Gasteiger charge is 2.29. The number of ether oxygens (including phenoxy) is 1. The van der Waals surface area contributed by atoms with Crippen molar-refractivity contribution in [1.82, 2.24) is 25.1 Å². The molecule has 21 heavy (non-hydrogen) atoms. The summed E-state index contributed by atoms with van der Waals surface area (Å²) < 4.78 is 5.67. The molecule has 0 aliphatic carbocycles. The number of amides is 1. The molecule has 2 aromatic rings. The minimum absolute atomic E-state index is 0.0959. The van der Waals surface area contributed by atoms with E-state index < -0.39 is 0 Å². The smallest absolute Gasteiger partial charge is 0.270 e. The fraction of sp³-hybridized carbons (Fsp3) is 0.462. The van der Waals surface area contributed by atoms with E-state index in [0.717, 1.165) is 12.2 Å². The number of aromatic amines is 2. The lowest BCUT2D eigenvalue weighted by molar-refractivity contribution is -0.0268. The highest BCUT2D eigenvalue weighted by atomic mass is 35.5. The Hall–Kier alpha value is -1.86. The number of aromatic nitrogens is 4. The second-order valence-electron chi connectivity index (χ2n) is 4.84. The van der Waals surface area contributed by atoms with Gasteiger partial charge < -0.3 is 14.6 Å². The summed E-state index contributed by atoms with van der Waals surface area (Å²) in [5.41, 5.74) is 0.477. The Kier molecular flexibility index (Phi) is 3.94. The fourth-order valence-electron chi connectivity index (χ4n) is 2.26. The van der Waals surface area contributed by atoms with E-state index in [2.05, 4.69) is 20.2 Å². The number of hydrogen-bond donors (Lipinski definition) is 2. The van der Waals surface area contributed by atoms with Gasteiger partial charge in [0.1, 0.15) is 17.6 Å². The van der Waals surface area contributed by atoms with Crippen LogP contribution in [-0.4, -0.2) is 50.7 Å². The predicted molar refractivity (Wildman–Crippen MR) is 76.2 cm³/mol. The maximum atomic E-state index is 12.4. The standard InChI is InChI=1S/C13H16ClN5O2/c1-2-11-16-12(18-17-11)10-7-19(3-4-21-10)13(20)9-5-8(14)6-15-9/h5-6,10,15H,2-4,7H2,1H3,(H,16,17,18)/t10-/m0/s1. The van der Waals surface area contributed by atoms with Crippen LogP contribution in [0.3, 0.4) is 0 Å². The number of carbonyl (C=O) groups excluding carboxylic acids is 1. The molecule has 1 atom stereocenters. The number of H-pyrrole nitrogens is 2. The van der Waals surface area contributed by atoms with Crippen molar-refractivity contribution in [1.29, 1.82) is 0 Å². The monoisotopic (exact) mass is 309 g/mol. The lowest BCUT2D eigenvalue weighted by Crippen LogP contribution is -2.42. The number of rotatable bonds is 3. The van der Waals surface area contributed by atoms with Gasteiger partial charge in [0.15, 0.2) is 5.82 Å². The molecule has 3 rings (SSSR count). The molecule has 1 aliphatic rings. The molecule has 2 aromatic heterocycles. The molecule has 3 heterocycles. The zero-order valence-corrected chi connectivity index (χ0v) is 12.4. The Balaban J connectivity index is 1.72. The van der Waals surface area contributed by atoms with Crippen LogP contribution in [0.15, 0.2) is 12.3 Å². The minimum atomic E-state index is -0.301. The van der Waals surface area contributed by atoms with Crippen molar-refractivity contribution in [2.24, 2.45) is 0 Å². The van der Waals surface area contributed by atoms with Crippen LogP contribution in [0.2, 0.25) is 5.02 Å². The molecule has 0 bridgehead atoms. The first-order valence-electron chi connectivity index (χ1n) is 6.83. The van der Waals surface area contributed by atoms with Crippen LogP contribution < -0.4 is 0 Å². The molecule has 1 amide bonds. The molecule has 0 aromatic carbocycles. The van der Waals surface area contributed by atoms with Crippen molar-refractivity contribution in [3.8, 4) is 0 Å². The summed E-state index contributed by atoms with van der Waals surface area (Å²) in [4.78, 5) is 21.3. The molecule has 1 aliphatic heterocycles. The maximum absolute atomic E-state index is 12.4. The predicted octanol–water partition coefficient (Wildman–Crippen LogP) is 1.56. The van der Waals surface area contributed by atoms with E-state index in [-0.39, 0.29) is 12.0 Å². The van der Waals surface area contributed by atoms with Crippen molar-refractivity contribution in [2.45, 2.75) is 19.4 Å². The van der Waals surface area contributed by atoms with Crippen LogP contribution in [0, 0.1) is 0 Å². The van der Waals surface area contributed by atoms with Crippen LogP contribution in [0.25, 0.3) is 0 Å². The highest BCUT2D eigenvalue weighted by molar-refractivity contribution is 6.30. The summed E-state index contributed by atoms with van der Waals surface area (Å²) in [6.45, 7) is 3.42. The molecule has 7 nitrogen and oxygen atoms in total. The van der Waals surface area contributed by atoms with Crippen molar-refractivity contribution in [3.05, 3.63) is 34.6 Å².